The monoisotopic (exact) mass is 1100 g/mol. The predicted octanol–water partition coefficient (Wildman–Crippen LogP) is 8.54. The maximum Gasteiger partial charge on any atom is 0.261 e. The summed E-state index contributed by atoms with van der Waals surface area (Å²) in [6.07, 6.45) is 8.71. The van der Waals surface area contributed by atoms with E-state index in [4.69, 9.17) is 23.9 Å². The number of amides is 6. The van der Waals surface area contributed by atoms with Gasteiger partial charge in [0.1, 0.15) is 19.0 Å². The van der Waals surface area contributed by atoms with Crippen molar-refractivity contribution in [2.75, 3.05) is 35.9 Å². The molecule has 0 fully saturated rings. The predicted molar refractivity (Wildman–Crippen MR) is 303 cm³/mol. The number of Topliss-reactive ketones (excluding diaryl/α,β-unsaturated/α-hetero) is 2. The zero-order valence-corrected chi connectivity index (χ0v) is 45.8. The van der Waals surface area contributed by atoms with Crippen molar-refractivity contribution in [1.29, 1.82) is 0 Å². The first-order chi connectivity index (χ1) is 39.2. The first-order valence-electron chi connectivity index (χ1n) is 27.5. The molecular formula is C63H64N6O12. The summed E-state index contributed by atoms with van der Waals surface area (Å²) in [6.45, 7) is 3.38. The molecule has 5 aromatic rings. The molecule has 0 aliphatic carbocycles. The molecule has 18 heteroatoms. The molecule has 418 valence electrons. The van der Waals surface area contributed by atoms with Crippen molar-refractivity contribution < 1.29 is 57.3 Å². The average Bonchev–Trinajstić information content (AvgIpc) is 4.22. The second kappa shape index (κ2) is 24.2. The quantitative estimate of drug-likeness (QED) is 0.0464. The summed E-state index contributed by atoms with van der Waals surface area (Å²) < 4.78 is 24.6. The number of ketones is 2. The Morgan fingerprint density at radius 3 is 1.96 bits per heavy atom. The highest BCUT2D eigenvalue weighted by atomic mass is 16.5. The van der Waals surface area contributed by atoms with E-state index in [1.54, 1.807) is 55.3 Å². The van der Waals surface area contributed by atoms with Crippen LogP contribution in [0.4, 0.5) is 22.7 Å². The van der Waals surface area contributed by atoms with E-state index in [9.17, 15) is 38.4 Å². The third-order valence-corrected chi connectivity index (χ3v) is 15.6. The van der Waals surface area contributed by atoms with Crippen molar-refractivity contribution in [2.24, 2.45) is 10.9 Å². The van der Waals surface area contributed by atoms with E-state index in [0.717, 1.165) is 45.8 Å². The molecule has 5 aliphatic heterocycles. The number of ether oxygens (including phenoxy) is 4. The van der Waals surface area contributed by atoms with Crippen LogP contribution in [0.5, 0.6) is 23.0 Å². The molecule has 0 spiro atoms. The molecule has 5 aromatic carbocycles. The molecule has 0 bridgehead atoms. The maximum absolute atomic E-state index is 14.2. The van der Waals surface area contributed by atoms with Crippen LogP contribution in [0.25, 0.3) is 0 Å². The summed E-state index contributed by atoms with van der Waals surface area (Å²) in [5, 5.41) is 5.70. The minimum atomic E-state index is -0.872. The number of para-hydroxylation sites is 2. The van der Waals surface area contributed by atoms with Crippen molar-refractivity contribution in [3.63, 3.8) is 0 Å². The van der Waals surface area contributed by atoms with Crippen LogP contribution < -0.4 is 39.4 Å². The van der Waals surface area contributed by atoms with Gasteiger partial charge >= 0.3 is 0 Å². The van der Waals surface area contributed by atoms with Crippen molar-refractivity contribution in [1.82, 2.24) is 10.2 Å². The fraction of sp³-hybridized carbons (Fsp3) is 0.349. The zero-order chi connectivity index (χ0) is 56.9. The number of rotatable bonds is 23. The van der Waals surface area contributed by atoms with Gasteiger partial charge in [0.2, 0.25) is 11.8 Å². The highest BCUT2D eigenvalue weighted by Gasteiger charge is 2.39. The molecule has 0 unspecified atom stereocenters. The zero-order valence-electron chi connectivity index (χ0n) is 45.8. The number of unbranched alkanes of at least 4 members (excludes halogenated alkanes) is 1. The number of nitrogens with zero attached hydrogens (tertiary/aromatic N) is 4. The van der Waals surface area contributed by atoms with E-state index in [2.05, 4.69) is 16.7 Å². The molecule has 0 saturated heterocycles. The maximum atomic E-state index is 14.2. The Morgan fingerprint density at radius 2 is 1.27 bits per heavy atom. The van der Waals surface area contributed by atoms with Gasteiger partial charge in [-0.15, -0.1) is 0 Å². The fourth-order valence-electron chi connectivity index (χ4n) is 11.3. The lowest BCUT2D eigenvalue weighted by atomic mass is 9.99. The van der Waals surface area contributed by atoms with E-state index in [-0.39, 0.29) is 98.6 Å². The van der Waals surface area contributed by atoms with Gasteiger partial charge in [-0.25, -0.2) is 0 Å². The normalized spacial score (nSPS) is 17.2. The summed E-state index contributed by atoms with van der Waals surface area (Å²) in [7, 11) is 3.03. The lowest BCUT2D eigenvalue weighted by molar-refractivity contribution is -0.137. The third-order valence-electron chi connectivity index (χ3n) is 15.6. The molecule has 2 N–H and O–H groups in total. The number of anilines is 3. The van der Waals surface area contributed by atoms with Gasteiger partial charge < -0.3 is 34.5 Å². The highest BCUT2D eigenvalue weighted by Crippen LogP contribution is 2.43. The third kappa shape index (κ3) is 12.1. The van der Waals surface area contributed by atoms with Crippen molar-refractivity contribution in [2.45, 2.75) is 116 Å². The van der Waals surface area contributed by atoms with E-state index >= 15 is 0 Å². The minimum absolute atomic E-state index is 0.0123. The molecule has 0 aromatic heterocycles. The van der Waals surface area contributed by atoms with Crippen molar-refractivity contribution in [3.05, 3.63) is 142 Å². The van der Waals surface area contributed by atoms with E-state index in [1.807, 2.05) is 59.5 Å². The minimum Gasteiger partial charge on any atom is -0.493 e. The molecule has 81 heavy (non-hydrogen) atoms. The average molecular weight is 1100 g/mol. The summed E-state index contributed by atoms with van der Waals surface area (Å²) in [6, 6.07) is 27.1. The number of fused-ring (bicyclic) bond motifs is 8. The number of imide groups is 1. The Bertz CT molecular complexity index is 3410. The number of hydrogen-bond donors (Lipinski definition) is 2. The summed E-state index contributed by atoms with van der Waals surface area (Å²) in [5.74, 6) is -1.53. The molecule has 10 rings (SSSR count). The van der Waals surface area contributed by atoms with E-state index in [1.165, 1.54) is 26.4 Å². The standard InChI is InChI=1S/C63H64N6O12/c1-37(24-53(71)38(2)65-58(72)18-10-7-14-47(70)15-11-23-67-59(73)21-22-60(67)74)61(75)66-44-26-39(35-80-56-30-41-19-20-45-28-42-12-5-8-16-51(42)68(45)62(76)48(41)31-54(56)78-3)25-40(27-44)36-81-57-33-50-49(32-55(57)79-4)63(77)69-46(34-64-50)29-43-13-6-9-17-52(43)69/h5-6,8-9,12-13,16-17,21-22,25-27,30-34,37-38,45-46H,7,10-11,14-15,18-20,23-24,28-29,35-36H2,1-4H3,(H,65,72)(H,66,75)/t37-,38+,45-,46+/m1/s1. The van der Waals surface area contributed by atoms with Crippen molar-refractivity contribution in [3.8, 4) is 23.0 Å². The van der Waals surface area contributed by atoms with Crippen LogP contribution >= 0.6 is 0 Å². The number of nitrogens with one attached hydrogen (secondary N) is 2. The SMILES string of the molecule is COc1cc2c(cc1OCc1cc(COc3cc4c(cc3OC)C(=O)N3c5ccccc5C[C@H]3C=N4)cc(NC(=O)[C@H](C)CC(=O)[C@H](C)NC(=O)CCCCC(=O)CCCN3C(=O)C=CC3=O)c1)CC[C@@H]1Cc3ccccc3N1C2=O. The van der Waals surface area contributed by atoms with Gasteiger partial charge in [-0.1, -0.05) is 43.3 Å². The van der Waals surface area contributed by atoms with Gasteiger partial charge in [0.15, 0.2) is 28.8 Å². The number of methoxy groups -OCH3 is 2. The van der Waals surface area contributed by atoms with Crippen LogP contribution in [0.1, 0.15) is 114 Å². The van der Waals surface area contributed by atoms with Gasteiger partial charge in [0, 0.05) is 97.7 Å². The molecule has 5 aliphatic rings. The highest BCUT2D eigenvalue weighted by molar-refractivity contribution is 6.15. The van der Waals surface area contributed by atoms with E-state index in [0.29, 0.717) is 88.7 Å². The largest absolute Gasteiger partial charge is 0.493 e. The molecule has 4 atom stereocenters. The molecule has 5 heterocycles. The summed E-state index contributed by atoms with van der Waals surface area (Å²) >= 11 is 0. The van der Waals surface area contributed by atoms with E-state index < -0.39 is 17.9 Å². The van der Waals surface area contributed by atoms with Crippen LogP contribution in [0.2, 0.25) is 0 Å². The first-order valence-corrected chi connectivity index (χ1v) is 27.5. The Morgan fingerprint density at radius 1 is 0.667 bits per heavy atom. The molecule has 6 amide bonds. The van der Waals surface area contributed by atoms with Crippen LogP contribution in [0.3, 0.4) is 0 Å². The fourth-order valence-corrected chi connectivity index (χ4v) is 11.3. The smallest absolute Gasteiger partial charge is 0.261 e. The van der Waals surface area contributed by atoms with Gasteiger partial charge in [-0.05, 0) is 122 Å². The van der Waals surface area contributed by atoms with Gasteiger partial charge in [-0.3, -0.25) is 53.1 Å². The number of carbonyl (C=O) groups excluding carboxylic acids is 8. The van der Waals surface area contributed by atoms with Gasteiger partial charge in [0.25, 0.3) is 23.6 Å². The second-order valence-corrected chi connectivity index (χ2v) is 21.2. The second-order valence-electron chi connectivity index (χ2n) is 21.2. The molecular weight excluding hydrogens is 1030 g/mol. The van der Waals surface area contributed by atoms with Crippen molar-refractivity contribution >= 4 is 76.0 Å². The van der Waals surface area contributed by atoms with Gasteiger partial charge in [0.05, 0.1) is 37.6 Å². The first kappa shape index (κ1) is 55.4. The lowest BCUT2D eigenvalue weighted by Gasteiger charge is -2.23. The molecule has 0 saturated carbocycles. The topological polar surface area (TPSA) is 220 Å². The lowest BCUT2D eigenvalue weighted by Crippen LogP contribution is -2.39. The van der Waals surface area contributed by atoms with Crippen LogP contribution in [-0.4, -0.2) is 97.0 Å². The number of hydrogen-bond acceptors (Lipinski definition) is 13. The Labute approximate surface area is 469 Å². The van der Waals surface area contributed by atoms with Gasteiger partial charge in [-0.2, -0.15) is 0 Å². The van der Waals surface area contributed by atoms with Crippen LogP contribution in [-0.2, 0) is 61.2 Å². The number of carbonyl (C=O) groups is 8. The van der Waals surface area contributed by atoms with Crippen LogP contribution in [0, 0.1) is 5.92 Å². The Kier molecular flexibility index (Phi) is 16.6. The molecule has 18 nitrogen and oxygen atoms in total. The molecule has 0 radical (unpaired) electrons. The Hall–Kier alpha value is -8.93. The summed E-state index contributed by atoms with van der Waals surface area (Å²) in [4.78, 5) is 114. The number of benzene rings is 5. The van der Waals surface area contributed by atoms with Crippen LogP contribution in [0.15, 0.2) is 108 Å². The summed E-state index contributed by atoms with van der Waals surface area (Å²) in [5.41, 5.74) is 7.89. The number of aryl methyl sites for hydroxylation is 1. The Balaban J connectivity index is 0.804. The number of aliphatic imine (C=N–C) groups is 1.